The van der Waals surface area contributed by atoms with E-state index in [1.807, 2.05) is 42.5 Å². The Morgan fingerprint density at radius 1 is 0.792 bits per heavy atom. The van der Waals surface area contributed by atoms with Crippen LogP contribution >= 0.6 is 0 Å². The maximum absolute atomic E-state index is 6.32. The van der Waals surface area contributed by atoms with E-state index in [1.54, 1.807) is 0 Å². The van der Waals surface area contributed by atoms with Gasteiger partial charge in [0.25, 0.3) is 0 Å². The summed E-state index contributed by atoms with van der Waals surface area (Å²) in [6.45, 7) is 0. The van der Waals surface area contributed by atoms with E-state index in [-0.39, 0.29) is 0 Å². The first-order valence-corrected chi connectivity index (χ1v) is 8.20. The minimum Gasteiger partial charge on any atom is -0.400 e. The van der Waals surface area contributed by atoms with Crippen molar-refractivity contribution in [1.29, 1.82) is 0 Å². The normalized spacial score (nSPS) is 18.0. The standard InChI is InChI=1S/C21H23N3/c22-18(14-16-8-3-1-4-9-16)20-12-7-13-21(24-20)19(23)15-17-10-5-2-6-11-17/h1-12,24H,13-15,22-23H2. The summed E-state index contributed by atoms with van der Waals surface area (Å²) in [6.07, 6.45) is 6.41. The first-order valence-electron chi connectivity index (χ1n) is 8.20. The van der Waals surface area contributed by atoms with Crippen LogP contribution in [0.5, 0.6) is 0 Å². The van der Waals surface area contributed by atoms with Gasteiger partial charge in [-0.15, -0.1) is 0 Å². The van der Waals surface area contributed by atoms with E-state index in [9.17, 15) is 0 Å². The van der Waals surface area contributed by atoms with E-state index in [0.29, 0.717) is 0 Å². The molecule has 2 aromatic carbocycles. The lowest BCUT2D eigenvalue weighted by atomic mass is 10.0. The molecule has 1 aliphatic heterocycles. The maximum Gasteiger partial charge on any atom is 0.0573 e. The summed E-state index contributed by atoms with van der Waals surface area (Å²) < 4.78 is 0. The first-order chi connectivity index (χ1) is 11.7. The highest BCUT2D eigenvalue weighted by Gasteiger charge is 2.11. The summed E-state index contributed by atoms with van der Waals surface area (Å²) in [5, 5.41) is 3.42. The van der Waals surface area contributed by atoms with Crippen molar-refractivity contribution in [3.05, 3.63) is 107 Å². The fraction of sp³-hybridized carbons (Fsp3) is 0.143. The third-order valence-corrected chi connectivity index (χ3v) is 4.10. The van der Waals surface area contributed by atoms with Gasteiger partial charge in [-0.1, -0.05) is 66.7 Å². The number of benzene rings is 2. The Morgan fingerprint density at radius 2 is 1.33 bits per heavy atom. The highest BCUT2D eigenvalue weighted by atomic mass is 14.9. The molecule has 0 fully saturated rings. The zero-order chi connectivity index (χ0) is 16.8. The molecule has 1 aliphatic rings. The van der Waals surface area contributed by atoms with Crippen LogP contribution in [0.3, 0.4) is 0 Å². The Kier molecular flexibility index (Phi) is 5.02. The molecule has 0 spiro atoms. The molecule has 0 unspecified atom stereocenters. The monoisotopic (exact) mass is 317 g/mol. The first kappa shape index (κ1) is 15.9. The summed E-state index contributed by atoms with van der Waals surface area (Å²) in [4.78, 5) is 0. The van der Waals surface area contributed by atoms with E-state index in [4.69, 9.17) is 11.5 Å². The third-order valence-electron chi connectivity index (χ3n) is 4.10. The van der Waals surface area contributed by atoms with Gasteiger partial charge in [-0.2, -0.15) is 0 Å². The molecule has 5 N–H and O–H groups in total. The summed E-state index contributed by atoms with van der Waals surface area (Å²) in [5.74, 6) is 0. The molecule has 3 rings (SSSR count). The van der Waals surface area contributed by atoms with Crippen LogP contribution in [0.25, 0.3) is 0 Å². The lowest BCUT2D eigenvalue weighted by Gasteiger charge is -2.20. The maximum atomic E-state index is 6.32. The van der Waals surface area contributed by atoms with Crippen molar-refractivity contribution in [3.63, 3.8) is 0 Å². The number of nitrogens with one attached hydrogen (secondary N) is 1. The molecule has 24 heavy (non-hydrogen) atoms. The minimum atomic E-state index is 0.722. The van der Waals surface area contributed by atoms with Gasteiger partial charge < -0.3 is 16.8 Å². The van der Waals surface area contributed by atoms with E-state index < -0.39 is 0 Å². The van der Waals surface area contributed by atoms with Gasteiger partial charge >= 0.3 is 0 Å². The Hall–Kier alpha value is -2.94. The predicted molar refractivity (Wildman–Crippen MR) is 99.6 cm³/mol. The second kappa shape index (κ2) is 7.55. The number of hydrogen-bond donors (Lipinski definition) is 3. The van der Waals surface area contributed by atoms with Crippen molar-refractivity contribution < 1.29 is 0 Å². The zero-order valence-electron chi connectivity index (χ0n) is 13.7. The lowest BCUT2D eigenvalue weighted by molar-refractivity contribution is 0.845. The van der Waals surface area contributed by atoms with Crippen LogP contribution in [0.1, 0.15) is 17.5 Å². The quantitative estimate of drug-likeness (QED) is 0.810. The van der Waals surface area contributed by atoms with Gasteiger partial charge in [-0.25, -0.2) is 0 Å². The third kappa shape index (κ3) is 4.07. The lowest BCUT2D eigenvalue weighted by Crippen LogP contribution is -2.24. The van der Waals surface area contributed by atoms with Crippen molar-refractivity contribution in [2.45, 2.75) is 19.3 Å². The Labute approximate surface area is 143 Å². The van der Waals surface area contributed by atoms with Gasteiger partial charge in [0.2, 0.25) is 0 Å². The Balaban J connectivity index is 1.76. The summed E-state index contributed by atoms with van der Waals surface area (Å²) in [5.41, 5.74) is 18.7. The second-order valence-corrected chi connectivity index (χ2v) is 6.00. The Bertz CT molecular complexity index is 771. The summed E-state index contributed by atoms with van der Waals surface area (Å²) >= 11 is 0. The molecule has 0 aromatic heterocycles. The SMILES string of the molecule is NC(Cc1ccccc1)=C1C=CCC(=C(N)Cc2ccccc2)N1. The number of allylic oxidation sites excluding steroid dienone is 4. The molecule has 1 heterocycles. The molecular formula is C21H23N3. The molecule has 122 valence electrons. The molecular weight excluding hydrogens is 294 g/mol. The molecule has 3 nitrogen and oxygen atoms in total. The average Bonchev–Trinajstić information content (AvgIpc) is 2.63. The predicted octanol–water partition coefficient (Wildman–Crippen LogP) is 3.36. The van der Waals surface area contributed by atoms with Crippen LogP contribution in [0.2, 0.25) is 0 Å². The van der Waals surface area contributed by atoms with E-state index in [2.05, 4.69) is 35.7 Å². The molecule has 0 atom stereocenters. The van der Waals surface area contributed by atoms with Crippen LogP contribution in [-0.4, -0.2) is 0 Å². The Morgan fingerprint density at radius 3 is 1.92 bits per heavy atom. The van der Waals surface area contributed by atoms with Gasteiger partial charge in [0.15, 0.2) is 0 Å². The largest absolute Gasteiger partial charge is 0.400 e. The number of rotatable bonds is 4. The highest BCUT2D eigenvalue weighted by molar-refractivity contribution is 5.36. The number of nitrogens with two attached hydrogens (primary N) is 2. The van der Waals surface area contributed by atoms with Crippen LogP contribution in [0.4, 0.5) is 0 Å². The number of hydrogen-bond acceptors (Lipinski definition) is 3. The van der Waals surface area contributed by atoms with Crippen molar-refractivity contribution >= 4 is 0 Å². The van der Waals surface area contributed by atoms with Gasteiger partial charge in [0.1, 0.15) is 0 Å². The summed E-state index contributed by atoms with van der Waals surface area (Å²) in [7, 11) is 0. The molecule has 0 bridgehead atoms. The van der Waals surface area contributed by atoms with Crippen LogP contribution in [0, 0.1) is 0 Å². The van der Waals surface area contributed by atoms with Crippen LogP contribution in [-0.2, 0) is 12.8 Å². The molecule has 0 saturated carbocycles. The topological polar surface area (TPSA) is 64.1 Å². The van der Waals surface area contributed by atoms with Gasteiger partial charge in [-0.3, -0.25) is 0 Å². The average molecular weight is 317 g/mol. The van der Waals surface area contributed by atoms with Crippen LogP contribution in [0.15, 0.2) is 95.6 Å². The fourth-order valence-electron chi connectivity index (χ4n) is 2.78. The molecule has 2 aromatic rings. The summed E-state index contributed by atoms with van der Waals surface area (Å²) in [6, 6.07) is 20.5. The van der Waals surface area contributed by atoms with E-state index in [0.717, 1.165) is 42.1 Å². The van der Waals surface area contributed by atoms with Gasteiger partial charge in [0.05, 0.1) is 5.70 Å². The van der Waals surface area contributed by atoms with Crippen molar-refractivity contribution in [1.82, 2.24) is 5.32 Å². The molecule has 3 heteroatoms. The van der Waals surface area contributed by atoms with Crippen molar-refractivity contribution in [2.75, 3.05) is 0 Å². The van der Waals surface area contributed by atoms with Crippen LogP contribution < -0.4 is 16.8 Å². The molecule has 0 saturated heterocycles. The van der Waals surface area contributed by atoms with Crippen molar-refractivity contribution in [2.24, 2.45) is 11.5 Å². The molecule has 0 amide bonds. The fourth-order valence-corrected chi connectivity index (χ4v) is 2.78. The van der Waals surface area contributed by atoms with E-state index in [1.165, 1.54) is 11.1 Å². The smallest absolute Gasteiger partial charge is 0.0573 e. The molecule has 0 radical (unpaired) electrons. The second-order valence-electron chi connectivity index (χ2n) is 6.00. The zero-order valence-corrected chi connectivity index (χ0v) is 13.7. The molecule has 0 aliphatic carbocycles. The van der Waals surface area contributed by atoms with Crippen molar-refractivity contribution in [3.8, 4) is 0 Å². The van der Waals surface area contributed by atoms with E-state index >= 15 is 0 Å². The highest BCUT2D eigenvalue weighted by Crippen LogP contribution is 2.18. The van der Waals surface area contributed by atoms with Gasteiger partial charge in [0, 0.05) is 36.4 Å². The van der Waals surface area contributed by atoms with Gasteiger partial charge in [-0.05, 0) is 17.2 Å². The minimum absolute atomic E-state index is 0.722.